The highest BCUT2D eigenvalue weighted by Crippen LogP contribution is 2.46. The standard InChI is InChI=1S/C62H54B2N4/c1-3-5-25-45-39-57(65(47-27-13-7-14-28-47)48-29-15-8-16-30-48)61-59(41-45)67(51-35-21-11-22-36-51)55-44-56-54(43-53(55)63-61)64-62-58(66(49-31-17-9-18-32-49)50-33-19-10-20-34-50)40-46(26-6-4-2)42-60(62)68(56)52-37-23-12-24-38-52/h7-24,27-44H,3-6,25-26H2,1-2H3. The van der Waals surface area contributed by atoms with Crippen LogP contribution in [0.4, 0.5) is 68.2 Å². The molecule has 2 aliphatic rings. The number of hydrogen-bond acceptors (Lipinski definition) is 4. The van der Waals surface area contributed by atoms with Crippen molar-refractivity contribution >= 4 is 105 Å². The van der Waals surface area contributed by atoms with Crippen molar-refractivity contribution in [2.24, 2.45) is 0 Å². The number of anilines is 12. The summed E-state index contributed by atoms with van der Waals surface area (Å²) in [6.07, 6.45) is 6.47. The third kappa shape index (κ3) is 8.26. The van der Waals surface area contributed by atoms with Crippen molar-refractivity contribution in [1.82, 2.24) is 0 Å². The minimum atomic E-state index is 0.993. The number of fused-ring (bicyclic) bond motifs is 4. The summed E-state index contributed by atoms with van der Waals surface area (Å²) in [7, 11) is 4.90. The molecular formula is C62H54B2N4. The minimum Gasteiger partial charge on any atom is -0.311 e. The van der Waals surface area contributed by atoms with Gasteiger partial charge in [0.1, 0.15) is 0 Å². The fourth-order valence-corrected chi connectivity index (χ4v) is 10.1. The van der Waals surface area contributed by atoms with Gasteiger partial charge >= 0.3 is 0 Å². The SMILES string of the molecule is CCCCc1cc(N(c2ccccc2)c2ccccc2)c2c(c1)N(c1ccccc1)c1cc3c(cc1[B]2)[B]c1c(N(c2ccccc2)c2ccccc2)cc(CCCC)cc1N3c1ccccc1. The number of benzene rings is 9. The molecule has 0 saturated carbocycles. The zero-order chi connectivity index (χ0) is 45.8. The van der Waals surface area contributed by atoms with Gasteiger partial charge in [0.05, 0.1) is 0 Å². The Labute approximate surface area is 404 Å². The lowest BCUT2D eigenvalue weighted by Crippen LogP contribution is -2.47. The zero-order valence-corrected chi connectivity index (χ0v) is 39.0. The molecule has 4 nitrogen and oxygen atoms in total. The molecule has 0 spiro atoms. The zero-order valence-electron chi connectivity index (χ0n) is 39.0. The van der Waals surface area contributed by atoms with E-state index < -0.39 is 0 Å². The van der Waals surface area contributed by atoms with Gasteiger partial charge in [-0.1, -0.05) is 153 Å². The van der Waals surface area contributed by atoms with Crippen LogP contribution in [0.3, 0.4) is 0 Å². The van der Waals surface area contributed by atoms with E-state index in [9.17, 15) is 0 Å². The number of rotatable bonds is 14. The second-order valence-electron chi connectivity index (χ2n) is 17.9. The van der Waals surface area contributed by atoms with Crippen LogP contribution in [0.2, 0.25) is 0 Å². The van der Waals surface area contributed by atoms with E-state index in [2.05, 4.69) is 266 Å². The topological polar surface area (TPSA) is 13.0 Å². The molecule has 2 aliphatic heterocycles. The van der Waals surface area contributed by atoms with Crippen LogP contribution in [-0.4, -0.2) is 14.6 Å². The largest absolute Gasteiger partial charge is 0.311 e. The second kappa shape index (κ2) is 19.3. The Hall–Kier alpha value is -7.69. The molecule has 0 bridgehead atoms. The van der Waals surface area contributed by atoms with Crippen LogP contribution in [0.5, 0.6) is 0 Å². The lowest BCUT2D eigenvalue weighted by molar-refractivity contribution is 0.795. The molecule has 0 atom stereocenters. The Bertz CT molecular complexity index is 2860. The third-order valence-corrected chi connectivity index (χ3v) is 13.3. The summed E-state index contributed by atoms with van der Waals surface area (Å²) in [6.45, 7) is 4.57. The maximum absolute atomic E-state index is 2.52. The smallest absolute Gasteiger partial charge is 0.199 e. The molecular weight excluding hydrogens is 822 g/mol. The van der Waals surface area contributed by atoms with Gasteiger partial charge in [-0.2, -0.15) is 0 Å². The molecule has 9 aromatic rings. The molecule has 6 heteroatoms. The molecule has 328 valence electrons. The van der Waals surface area contributed by atoms with Crippen molar-refractivity contribution in [3.8, 4) is 0 Å². The highest BCUT2D eigenvalue weighted by atomic mass is 15.2. The highest BCUT2D eigenvalue weighted by molar-refractivity contribution is 6.77. The van der Waals surface area contributed by atoms with Crippen LogP contribution in [0.15, 0.2) is 218 Å². The van der Waals surface area contributed by atoms with E-state index >= 15 is 0 Å². The van der Waals surface area contributed by atoms with Gasteiger partial charge in [-0.3, -0.25) is 0 Å². The van der Waals surface area contributed by atoms with Crippen LogP contribution in [0.1, 0.15) is 50.7 Å². The lowest BCUT2D eigenvalue weighted by atomic mass is 9.54. The van der Waals surface area contributed by atoms with Crippen LogP contribution < -0.4 is 41.5 Å². The Morgan fingerprint density at radius 2 is 0.676 bits per heavy atom. The van der Waals surface area contributed by atoms with E-state index in [-0.39, 0.29) is 0 Å². The van der Waals surface area contributed by atoms with Crippen molar-refractivity contribution < 1.29 is 0 Å². The number of hydrogen-bond donors (Lipinski definition) is 0. The average molecular weight is 877 g/mol. The quantitative estimate of drug-likeness (QED) is 0.101. The molecule has 0 fully saturated rings. The van der Waals surface area contributed by atoms with Gasteiger partial charge in [-0.25, -0.2) is 0 Å². The maximum atomic E-state index is 2.52. The first-order valence-corrected chi connectivity index (χ1v) is 24.4. The van der Waals surface area contributed by atoms with Crippen molar-refractivity contribution in [1.29, 1.82) is 0 Å². The lowest BCUT2D eigenvalue weighted by Gasteiger charge is -2.41. The number of nitrogens with zero attached hydrogens (tertiary/aromatic N) is 4. The van der Waals surface area contributed by atoms with E-state index in [0.29, 0.717) is 0 Å². The summed E-state index contributed by atoms with van der Waals surface area (Å²) in [5, 5.41) is 0. The fraction of sp³-hybridized carbons (Fsp3) is 0.129. The molecule has 0 aliphatic carbocycles. The second-order valence-corrected chi connectivity index (χ2v) is 17.9. The predicted octanol–water partition coefficient (Wildman–Crippen LogP) is 14.2. The van der Waals surface area contributed by atoms with Crippen LogP contribution >= 0.6 is 0 Å². The van der Waals surface area contributed by atoms with Gasteiger partial charge in [0.25, 0.3) is 0 Å². The Morgan fingerprint density at radius 3 is 1.00 bits per heavy atom. The van der Waals surface area contributed by atoms with Gasteiger partial charge in [0.15, 0.2) is 14.6 Å². The summed E-state index contributed by atoms with van der Waals surface area (Å²) >= 11 is 0. The minimum absolute atomic E-state index is 0.993. The first kappa shape index (κ1) is 42.9. The van der Waals surface area contributed by atoms with E-state index in [1.54, 1.807) is 0 Å². The number of aryl methyl sites for hydroxylation is 2. The molecule has 0 amide bonds. The predicted molar refractivity (Wildman–Crippen MR) is 292 cm³/mol. The van der Waals surface area contributed by atoms with Gasteiger partial charge in [-0.15, -0.1) is 0 Å². The summed E-state index contributed by atoms with van der Waals surface area (Å²) in [5.74, 6) is 0. The average Bonchev–Trinajstić information content (AvgIpc) is 3.40. The maximum Gasteiger partial charge on any atom is 0.199 e. The van der Waals surface area contributed by atoms with Crippen molar-refractivity contribution in [2.45, 2.75) is 52.4 Å². The summed E-state index contributed by atoms with van der Waals surface area (Å²) < 4.78 is 0. The molecule has 0 N–H and O–H groups in total. The first-order chi connectivity index (χ1) is 33.7. The van der Waals surface area contributed by atoms with Crippen LogP contribution in [-0.2, 0) is 12.8 Å². The van der Waals surface area contributed by atoms with Gasteiger partial charge in [0.2, 0.25) is 0 Å². The van der Waals surface area contributed by atoms with Crippen molar-refractivity contribution in [3.05, 3.63) is 230 Å². The Kier molecular flexibility index (Phi) is 12.2. The normalized spacial score (nSPS) is 12.2. The number of para-hydroxylation sites is 6. The fourth-order valence-electron chi connectivity index (χ4n) is 10.1. The molecule has 0 unspecified atom stereocenters. The molecule has 0 saturated heterocycles. The summed E-state index contributed by atoms with van der Waals surface area (Å²) in [6, 6.07) is 80.0. The van der Waals surface area contributed by atoms with Crippen LogP contribution in [0.25, 0.3) is 0 Å². The van der Waals surface area contributed by atoms with Gasteiger partial charge in [-0.05, 0) is 151 Å². The van der Waals surface area contributed by atoms with E-state index in [1.165, 1.54) is 55.7 Å². The molecule has 2 radical (unpaired) electrons. The van der Waals surface area contributed by atoms with E-state index in [1.807, 2.05) is 0 Å². The molecule has 9 aromatic carbocycles. The van der Waals surface area contributed by atoms with Gasteiger partial charge in [0, 0.05) is 68.2 Å². The molecule has 0 aromatic heterocycles. The monoisotopic (exact) mass is 876 g/mol. The van der Waals surface area contributed by atoms with E-state index in [0.717, 1.165) is 84.0 Å². The van der Waals surface area contributed by atoms with Crippen molar-refractivity contribution in [3.63, 3.8) is 0 Å². The van der Waals surface area contributed by atoms with E-state index in [4.69, 9.17) is 0 Å². The third-order valence-electron chi connectivity index (χ3n) is 13.3. The van der Waals surface area contributed by atoms with Gasteiger partial charge < -0.3 is 19.6 Å². The molecule has 2 heterocycles. The number of unbranched alkanes of at least 4 members (excludes halogenated alkanes) is 2. The molecule has 11 rings (SSSR count). The summed E-state index contributed by atoms with van der Waals surface area (Å²) in [4.78, 5) is 9.93. The Balaban J connectivity index is 1.16. The Morgan fingerprint density at radius 1 is 0.353 bits per heavy atom. The van der Waals surface area contributed by atoms with Crippen LogP contribution in [0, 0.1) is 0 Å². The van der Waals surface area contributed by atoms with Crippen molar-refractivity contribution in [2.75, 3.05) is 19.6 Å². The molecule has 68 heavy (non-hydrogen) atoms. The summed E-state index contributed by atoms with van der Waals surface area (Å²) in [5.41, 5.74) is 21.1. The first-order valence-electron chi connectivity index (χ1n) is 24.4. The highest BCUT2D eigenvalue weighted by Gasteiger charge is 2.35.